The van der Waals surface area contributed by atoms with Gasteiger partial charge in [-0.25, -0.2) is 0 Å². The Morgan fingerprint density at radius 3 is 2.30 bits per heavy atom. The maximum Gasteiger partial charge on any atom is 0.294 e. The van der Waals surface area contributed by atoms with E-state index in [2.05, 4.69) is 0 Å². The Bertz CT molecular complexity index is 1090. The van der Waals surface area contributed by atoms with Gasteiger partial charge in [0.2, 0.25) is 5.69 Å². The summed E-state index contributed by atoms with van der Waals surface area (Å²) in [7, 11) is -8.57. The molecular formula is C20H30NO7S2+. The molecular weight excluding hydrogens is 430 g/mol. The molecule has 0 saturated heterocycles. The zero-order chi connectivity index (χ0) is 23.0. The normalized spacial score (nSPS) is 20.2. The topological polar surface area (TPSA) is 132 Å². The van der Waals surface area contributed by atoms with Crippen LogP contribution in [0.1, 0.15) is 52.5 Å². The molecule has 30 heavy (non-hydrogen) atoms. The van der Waals surface area contributed by atoms with Crippen molar-refractivity contribution >= 4 is 31.6 Å². The van der Waals surface area contributed by atoms with Crippen molar-refractivity contribution in [2.45, 2.75) is 62.8 Å². The average molecular weight is 461 g/mol. The number of hydrogen-bond donors (Lipinski definition) is 3. The van der Waals surface area contributed by atoms with Gasteiger partial charge in [-0.05, 0) is 38.8 Å². The Labute approximate surface area is 178 Å². The molecule has 0 amide bonds. The van der Waals surface area contributed by atoms with Gasteiger partial charge >= 0.3 is 0 Å². The largest absolute Gasteiger partial charge is 0.396 e. The molecule has 0 aliphatic carbocycles. The molecule has 10 heteroatoms. The van der Waals surface area contributed by atoms with Crippen LogP contribution in [0.15, 0.2) is 35.2 Å². The van der Waals surface area contributed by atoms with Gasteiger partial charge in [-0.1, -0.05) is 6.08 Å². The van der Waals surface area contributed by atoms with E-state index in [4.69, 9.17) is 4.55 Å². The van der Waals surface area contributed by atoms with Crippen LogP contribution in [0.25, 0.3) is 0 Å². The Morgan fingerprint density at radius 1 is 1.17 bits per heavy atom. The highest BCUT2D eigenvalue weighted by molar-refractivity contribution is 7.86. The lowest BCUT2D eigenvalue weighted by molar-refractivity contribution is -0.524. The summed E-state index contributed by atoms with van der Waals surface area (Å²) in [6.45, 7) is 7.59. The van der Waals surface area contributed by atoms with Gasteiger partial charge in [-0.15, -0.1) is 0 Å². The first kappa shape index (κ1) is 24.7. The third-order valence-corrected chi connectivity index (χ3v) is 7.29. The van der Waals surface area contributed by atoms with E-state index in [1.807, 2.05) is 44.4 Å². The van der Waals surface area contributed by atoms with E-state index >= 15 is 0 Å². The first-order valence-electron chi connectivity index (χ1n) is 9.66. The molecule has 1 unspecified atom stereocenters. The van der Waals surface area contributed by atoms with Gasteiger partial charge in [0.05, 0.1) is 16.1 Å². The van der Waals surface area contributed by atoms with Crippen LogP contribution in [0.3, 0.4) is 0 Å². The van der Waals surface area contributed by atoms with Crippen molar-refractivity contribution in [2.24, 2.45) is 0 Å². The fraction of sp³-hybridized carbons (Fsp3) is 0.550. The van der Waals surface area contributed by atoms with Crippen LogP contribution >= 0.6 is 0 Å². The van der Waals surface area contributed by atoms with Crippen LogP contribution in [0.2, 0.25) is 0 Å². The van der Waals surface area contributed by atoms with Gasteiger partial charge in [0.25, 0.3) is 20.2 Å². The number of hydrogen-bond acceptors (Lipinski definition) is 5. The highest BCUT2D eigenvalue weighted by Gasteiger charge is 2.52. The minimum Gasteiger partial charge on any atom is -0.396 e. The molecule has 0 saturated carbocycles. The number of aliphatic hydroxyl groups is 1. The average Bonchev–Trinajstić information content (AvgIpc) is 2.82. The lowest BCUT2D eigenvalue weighted by atomic mass is 9.75. The summed E-state index contributed by atoms with van der Waals surface area (Å²) in [5.41, 5.74) is 0.871. The molecule has 0 fully saturated rings. The third-order valence-electron chi connectivity index (χ3n) is 5.64. The maximum absolute atomic E-state index is 11.8. The van der Waals surface area contributed by atoms with Crippen LogP contribution in [-0.4, -0.2) is 59.2 Å². The van der Waals surface area contributed by atoms with Crippen molar-refractivity contribution in [2.75, 3.05) is 12.4 Å². The van der Waals surface area contributed by atoms with Crippen molar-refractivity contribution < 1.29 is 35.6 Å². The minimum atomic E-state index is -4.43. The van der Waals surface area contributed by atoms with E-state index in [9.17, 15) is 26.5 Å². The Morgan fingerprint density at radius 2 is 1.80 bits per heavy atom. The van der Waals surface area contributed by atoms with Crippen molar-refractivity contribution in [3.63, 3.8) is 0 Å². The smallest absolute Gasteiger partial charge is 0.294 e. The van der Waals surface area contributed by atoms with Crippen LogP contribution < -0.4 is 0 Å². The number of rotatable bonds is 9. The number of nitrogens with zero attached hydrogens (tertiary/aromatic N) is 1. The number of allylic oxidation sites excluding steroid dienone is 2. The van der Waals surface area contributed by atoms with Crippen molar-refractivity contribution in [1.82, 2.24) is 0 Å². The SMILES string of the molecule is CC=CC1=[N+](C(C)(C)CCO)c2ccc(S(=O)(=O)O)cc2C1(C)CCCS(=O)(=O)O. The highest BCUT2D eigenvalue weighted by atomic mass is 32.2. The van der Waals surface area contributed by atoms with Crippen LogP contribution in [0.5, 0.6) is 0 Å². The van der Waals surface area contributed by atoms with Gasteiger partial charge in [-0.2, -0.15) is 21.4 Å². The molecule has 0 radical (unpaired) electrons. The number of benzene rings is 1. The molecule has 168 valence electrons. The monoisotopic (exact) mass is 460 g/mol. The van der Waals surface area contributed by atoms with Gasteiger partial charge in [0, 0.05) is 44.6 Å². The molecule has 3 N–H and O–H groups in total. The molecule has 1 atom stereocenters. The van der Waals surface area contributed by atoms with E-state index in [0.29, 0.717) is 18.4 Å². The first-order valence-corrected chi connectivity index (χ1v) is 12.7. The van der Waals surface area contributed by atoms with Crippen LogP contribution in [-0.2, 0) is 25.7 Å². The fourth-order valence-corrected chi connectivity index (χ4v) is 5.17. The predicted octanol–water partition coefficient (Wildman–Crippen LogP) is 2.69. The van der Waals surface area contributed by atoms with Crippen molar-refractivity contribution in [1.29, 1.82) is 0 Å². The van der Waals surface area contributed by atoms with Crippen LogP contribution in [0.4, 0.5) is 5.69 Å². The van der Waals surface area contributed by atoms with Gasteiger partial charge in [-0.3, -0.25) is 9.11 Å². The lowest BCUT2D eigenvalue weighted by Crippen LogP contribution is -2.40. The molecule has 0 spiro atoms. The maximum atomic E-state index is 11.8. The number of aliphatic hydroxyl groups excluding tert-OH is 1. The van der Waals surface area contributed by atoms with Crippen LogP contribution in [0, 0.1) is 0 Å². The summed E-state index contributed by atoms with van der Waals surface area (Å²) in [6, 6.07) is 4.36. The second kappa shape index (κ2) is 8.51. The molecule has 0 aromatic heterocycles. The molecule has 1 aliphatic heterocycles. The fourth-order valence-electron chi connectivity index (χ4n) is 4.15. The molecule has 1 aromatic rings. The summed E-state index contributed by atoms with van der Waals surface area (Å²) >= 11 is 0. The zero-order valence-electron chi connectivity index (χ0n) is 17.7. The summed E-state index contributed by atoms with van der Waals surface area (Å²) < 4.78 is 66.7. The molecule has 1 aliphatic rings. The molecule has 8 nitrogen and oxygen atoms in total. The standard InChI is InChI=1S/C20H29NO7S2/c1-5-7-18-20(4,10-6-13-29(23,24)25)16-14-15(30(26,27)28)8-9-17(16)21(18)19(2,3)11-12-22/h5,7-9,14,22H,6,10-13H2,1-4H3,(H-,23,24,25,26,27,28)/p+1. The summed E-state index contributed by atoms with van der Waals surface area (Å²) in [4.78, 5) is -0.246. The summed E-state index contributed by atoms with van der Waals surface area (Å²) in [6.07, 6.45) is 4.64. The molecule has 2 rings (SSSR count). The van der Waals surface area contributed by atoms with Crippen molar-refractivity contribution in [3.8, 4) is 0 Å². The molecule has 1 aromatic carbocycles. The van der Waals surface area contributed by atoms with Gasteiger partial charge in [0.15, 0.2) is 11.3 Å². The van der Waals surface area contributed by atoms with E-state index in [1.54, 1.807) is 6.07 Å². The Kier molecular flexibility index (Phi) is 7.00. The minimum absolute atomic E-state index is 0.0511. The highest BCUT2D eigenvalue weighted by Crippen LogP contribution is 2.47. The Balaban J connectivity index is 2.78. The second-order valence-corrected chi connectivity index (χ2v) is 11.4. The number of fused-ring (bicyclic) bond motifs is 1. The van der Waals surface area contributed by atoms with Gasteiger partial charge in [0.1, 0.15) is 0 Å². The van der Waals surface area contributed by atoms with Gasteiger partial charge < -0.3 is 5.11 Å². The first-order chi connectivity index (χ1) is 13.7. The van der Waals surface area contributed by atoms with E-state index < -0.39 is 36.9 Å². The summed E-state index contributed by atoms with van der Waals surface area (Å²) in [5.74, 6) is -0.418. The van der Waals surface area contributed by atoms with E-state index in [-0.39, 0.29) is 17.9 Å². The second-order valence-electron chi connectivity index (χ2n) is 8.38. The van der Waals surface area contributed by atoms with Crippen molar-refractivity contribution in [3.05, 3.63) is 35.9 Å². The molecule has 1 heterocycles. The quantitative estimate of drug-likeness (QED) is 0.381. The van der Waals surface area contributed by atoms with E-state index in [1.165, 1.54) is 12.1 Å². The Hall–Kier alpha value is -1.59. The van der Waals surface area contributed by atoms with E-state index in [0.717, 1.165) is 11.4 Å². The predicted molar refractivity (Wildman–Crippen MR) is 115 cm³/mol. The third kappa shape index (κ3) is 5.00. The zero-order valence-corrected chi connectivity index (χ0v) is 19.3. The molecule has 0 bridgehead atoms. The summed E-state index contributed by atoms with van der Waals surface area (Å²) in [5, 5.41) is 9.58. The lowest BCUT2D eigenvalue weighted by Gasteiger charge is -2.24.